The van der Waals surface area contributed by atoms with Gasteiger partial charge < -0.3 is 57.9 Å². The van der Waals surface area contributed by atoms with Crippen LogP contribution in [-0.4, -0.2) is 157 Å². The zero-order valence-electron chi connectivity index (χ0n) is 48.9. The second kappa shape index (κ2) is 36.3. The van der Waals surface area contributed by atoms with Gasteiger partial charge in [0.2, 0.25) is 47.3 Å². The second-order valence-electron chi connectivity index (χ2n) is 22.2. The van der Waals surface area contributed by atoms with Crippen molar-refractivity contribution in [3.63, 3.8) is 0 Å². The van der Waals surface area contributed by atoms with Crippen molar-refractivity contribution in [1.29, 1.82) is 0 Å². The van der Waals surface area contributed by atoms with Crippen molar-refractivity contribution in [3.8, 4) is 0 Å². The number of carbonyl (C=O) groups excluding carboxylic acids is 9. The highest BCUT2D eigenvalue weighted by molar-refractivity contribution is 7.98. The predicted octanol–water partition coefficient (Wildman–Crippen LogP) is 3.53. The summed E-state index contributed by atoms with van der Waals surface area (Å²) in [5.41, 5.74) is 2.03. The highest BCUT2D eigenvalue weighted by Crippen LogP contribution is 2.23. The molecule has 3 unspecified atom stereocenters. The molecule has 6 atom stereocenters. The normalized spacial score (nSPS) is 15.3. The molecule has 21 heteroatoms. The molecule has 446 valence electrons. The molecule has 2 aromatic carbocycles. The molecule has 1 aliphatic rings. The molecule has 1 fully saturated rings. The fourth-order valence-corrected chi connectivity index (χ4v) is 9.69. The molecule has 1 aliphatic carbocycles. The van der Waals surface area contributed by atoms with Crippen molar-refractivity contribution in [3.05, 3.63) is 71.3 Å². The maximum atomic E-state index is 14.2. The molecule has 0 radical (unpaired) electrons. The van der Waals surface area contributed by atoms with E-state index >= 15 is 0 Å². The first kappa shape index (κ1) is 68.2. The maximum absolute atomic E-state index is 14.2. The van der Waals surface area contributed by atoms with E-state index in [4.69, 9.17) is 0 Å². The molecule has 0 saturated heterocycles. The number of unbranched alkanes of at least 4 members (excludes halogenated alkanes) is 1. The molecule has 0 spiro atoms. The Morgan fingerprint density at radius 1 is 0.613 bits per heavy atom. The van der Waals surface area contributed by atoms with Crippen LogP contribution in [0.25, 0.3) is 0 Å². The molecule has 80 heavy (non-hydrogen) atoms. The molecule has 20 nitrogen and oxygen atoms in total. The van der Waals surface area contributed by atoms with Crippen molar-refractivity contribution < 1.29 is 48.3 Å². The number of nitrogens with one attached hydrogen (secondary N) is 9. The first-order valence-corrected chi connectivity index (χ1v) is 30.1. The average Bonchev–Trinajstić information content (AvgIpc) is 3.42. The first-order chi connectivity index (χ1) is 38.1. The van der Waals surface area contributed by atoms with Gasteiger partial charge in [-0.2, -0.15) is 11.8 Å². The number of thioether (sulfide) groups is 1. The third-order valence-corrected chi connectivity index (χ3v) is 14.8. The Balaban J connectivity index is 1.67. The topological polar surface area (TPSA) is 285 Å². The maximum Gasteiger partial charge on any atom is 0.251 e. The van der Waals surface area contributed by atoms with Gasteiger partial charge >= 0.3 is 0 Å². The summed E-state index contributed by atoms with van der Waals surface area (Å²) in [5, 5.41) is 34.5. The zero-order chi connectivity index (χ0) is 59.2. The van der Waals surface area contributed by atoms with E-state index in [2.05, 4.69) is 73.5 Å². The smallest absolute Gasteiger partial charge is 0.251 e. The van der Waals surface area contributed by atoms with Gasteiger partial charge in [0, 0.05) is 18.0 Å². The molecule has 0 heterocycles. The van der Waals surface area contributed by atoms with E-state index in [0.717, 1.165) is 69.3 Å². The number of carbonyl (C=O) groups is 9. The first-order valence-electron chi connectivity index (χ1n) is 28.7. The number of hydrogen-bond donors (Lipinski definition) is 10. The quantitative estimate of drug-likeness (QED) is 0.0460. The van der Waals surface area contributed by atoms with Crippen molar-refractivity contribution in [1.82, 2.24) is 52.8 Å². The van der Waals surface area contributed by atoms with E-state index in [1.807, 2.05) is 76.4 Å². The van der Waals surface area contributed by atoms with Crippen LogP contribution >= 0.6 is 11.8 Å². The van der Waals surface area contributed by atoms with Crippen molar-refractivity contribution >= 4 is 64.9 Å². The lowest BCUT2D eigenvalue weighted by molar-refractivity contribution is -0.135. The van der Waals surface area contributed by atoms with Crippen molar-refractivity contribution in [2.75, 3.05) is 51.3 Å². The average molecular weight is 1140 g/mol. The molecular weight excluding hydrogens is 1040 g/mol. The van der Waals surface area contributed by atoms with Gasteiger partial charge in [-0.25, -0.2) is 0 Å². The lowest BCUT2D eigenvalue weighted by atomic mass is 9.86. The van der Waals surface area contributed by atoms with Gasteiger partial charge in [0.05, 0.1) is 19.7 Å². The highest BCUT2D eigenvalue weighted by Gasteiger charge is 2.33. The third kappa shape index (κ3) is 25.6. The van der Waals surface area contributed by atoms with Crippen LogP contribution in [0, 0.1) is 5.92 Å². The molecule has 10 N–H and O–H groups in total. The number of nitrogens with zero attached hydrogens (tertiary/aromatic N) is 1. The molecule has 0 aromatic heterocycles. The third-order valence-electron chi connectivity index (χ3n) is 14.2. The number of hydrogen-bond acceptors (Lipinski definition) is 12. The number of aliphatic hydroxyl groups excluding tert-OH is 1. The summed E-state index contributed by atoms with van der Waals surface area (Å²) in [6.45, 7) is 15.9. The Bertz CT molecular complexity index is 2270. The molecule has 9 amide bonds. The van der Waals surface area contributed by atoms with Gasteiger partial charge in [0.1, 0.15) is 36.3 Å². The summed E-state index contributed by atoms with van der Waals surface area (Å²) < 4.78 is 0. The van der Waals surface area contributed by atoms with Gasteiger partial charge in [-0.15, -0.1) is 0 Å². The Hall–Kier alpha value is -6.06. The molecule has 0 bridgehead atoms. The van der Waals surface area contributed by atoms with Crippen LogP contribution < -0.4 is 47.9 Å². The second-order valence-corrected chi connectivity index (χ2v) is 23.2. The van der Waals surface area contributed by atoms with Gasteiger partial charge in [-0.05, 0) is 118 Å². The molecular formula is C59H94N10O10S. The van der Waals surface area contributed by atoms with Gasteiger partial charge in [0.25, 0.3) is 5.91 Å². The zero-order valence-corrected chi connectivity index (χ0v) is 49.8. The van der Waals surface area contributed by atoms with Crippen molar-refractivity contribution in [2.24, 2.45) is 5.92 Å². The minimum absolute atomic E-state index is 0.0395. The number of rotatable bonds is 33. The van der Waals surface area contributed by atoms with E-state index < -0.39 is 103 Å². The predicted molar refractivity (Wildman–Crippen MR) is 313 cm³/mol. The number of benzene rings is 2. The van der Waals surface area contributed by atoms with Gasteiger partial charge in [0.15, 0.2) is 0 Å². The lowest BCUT2D eigenvalue weighted by Gasteiger charge is -2.27. The van der Waals surface area contributed by atoms with E-state index in [1.165, 1.54) is 13.3 Å². The van der Waals surface area contributed by atoms with Crippen LogP contribution in [0.1, 0.15) is 154 Å². The summed E-state index contributed by atoms with van der Waals surface area (Å²) in [6, 6.07) is 9.33. The fraction of sp³-hybridized carbons (Fsp3) is 0.644. The minimum Gasteiger partial charge on any atom is -0.394 e. The van der Waals surface area contributed by atoms with E-state index in [-0.39, 0.29) is 42.5 Å². The van der Waals surface area contributed by atoms with Gasteiger partial charge in [-0.1, -0.05) is 123 Å². The molecule has 0 aliphatic heterocycles. The standard InChI is InChI=1S/C59H94N10O10S/c1-10-69(11-2)32-21-20-26-45(56(77)68-49(38-70)54(75)61-36-50(71)60-37-51(72)64-46(31-33-80-9)55(76)63-44-24-18-13-12-14-19-25-44)65-58(79)47(34-39(3)4)66-52(73)40(5)62-57(78)48(35-41-22-16-15-17-23-41)67-53(74)42-27-29-43(30-28-42)59(6,7)8/h15-17,22-23,27-30,39-40,44-49,70H,10-14,18-21,24-26,31-38H2,1-9H3,(H,60,71)(H,61,75)(H,62,78)(H,63,76)(H,64,72)(H,65,79)(H,66,73)(H,67,74)(H,68,77)/t40-,45-,46-,47?,48?,49?/m0/s1. The van der Waals surface area contributed by atoms with E-state index in [1.54, 1.807) is 23.9 Å². The van der Waals surface area contributed by atoms with Crippen LogP contribution in [0.5, 0.6) is 0 Å². The van der Waals surface area contributed by atoms with Crippen LogP contribution in [0.15, 0.2) is 54.6 Å². The fourth-order valence-electron chi connectivity index (χ4n) is 9.22. The lowest BCUT2D eigenvalue weighted by Crippen LogP contribution is -2.59. The number of amides is 9. The van der Waals surface area contributed by atoms with Gasteiger partial charge in [-0.3, -0.25) is 43.2 Å². The van der Waals surface area contributed by atoms with Crippen molar-refractivity contribution in [2.45, 2.75) is 187 Å². The summed E-state index contributed by atoms with van der Waals surface area (Å²) >= 11 is 1.54. The van der Waals surface area contributed by atoms with E-state index in [9.17, 15) is 48.3 Å². The summed E-state index contributed by atoms with van der Waals surface area (Å²) in [7, 11) is 0. The largest absolute Gasteiger partial charge is 0.394 e. The Labute approximate surface area is 479 Å². The Morgan fingerprint density at radius 2 is 1.19 bits per heavy atom. The van der Waals surface area contributed by atoms with E-state index in [0.29, 0.717) is 30.6 Å². The molecule has 1 saturated carbocycles. The van der Waals surface area contributed by atoms with Crippen LogP contribution in [0.3, 0.4) is 0 Å². The number of aliphatic hydroxyl groups is 1. The van der Waals surface area contributed by atoms with Crippen LogP contribution in [0.2, 0.25) is 0 Å². The minimum atomic E-state index is -1.54. The Morgan fingerprint density at radius 3 is 1.79 bits per heavy atom. The molecule has 3 rings (SSSR count). The summed E-state index contributed by atoms with van der Waals surface area (Å²) in [6.07, 6.45) is 11.1. The monoisotopic (exact) mass is 1130 g/mol. The highest BCUT2D eigenvalue weighted by atomic mass is 32.2. The summed E-state index contributed by atoms with van der Waals surface area (Å²) in [5.74, 6) is -5.27. The van der Waals surface area contributed by atoms with Crippen LogP contribution in [0.4, 0.5) is 0 Å². The summed E-state index contributed by atoms with van der Waals surface area (Å²) in [4.78, 5) is 124. The van der Waals surface area contributed by atoms with Crippen LogP contribution in [-0.2, 0) is 50.2 Å². The molecule has 2 aromatic rings. The SMILES string of the molecule is CCN(CC)CCCC[C@H](NC(=O)C(CC(C)C)NC(=O)[C@H](C)NC(=O)C(Cc1ccccc1)NC(=O)c1ccc(C(C)(C)C)cc1)C(=O)NC(CO)C(=O)NCC(=O)NCC(=O)N[C@@H](CCSC)C(=O)NC1CCCCCCC1. The Kier molecular flexibility index (Phi) is 31.0.